The molecule has 0 radical (unpaired) electrons. The molecule has 1 aromatic carbocycles. The minimum atomic E-state index is -2.58. The summed E-state index contributed by atoms with van der Waals surface area (Å²) >= 11 is 0. The highest BCUT2D eigenvalue weighted by Gasteiger charge is 2.72. The van der Waals surface area contributed by atoms with Gasteiger partial charge in [0, 0.05) is 22.3 Å². The predicted molar refractivity (Wildman–Crippen MR) is 151 cm³/mol. The third-order valence-corrected chi connectivity index (χ3v) is 10.5. The van der Waals surface area contributed by atoms with E-state index in [1.54, 1.807) is 13.0 Å². The lowest BCUT2D eigenvalue weighted by Gasteiger charge is -2.59. The van der Waals surface area contributed by atoms with Crippen molar-refractivity contribution in [2.45, 2.75) is 98.0 Å². The van der Waals surface area contributed by atoms with Crippen molar-refractivity contribution in [2.24, 2.45) is 28.6 Å². The molecule has 1 aromatic rings. The molecule has 1 unspecified atom stereocenters. The number of allylic oxidation sites excluding steroid dienone is 1. The molecule has 40 heavy (non-hydrogen) atoms. The number of aryl methyl sites for hydroxylation is 1. The number of aromatic hydroxyl groups is 1. The first-order valence-electron chi connectivity index (χ1n) is 14.7. The Bertz CT molecular complexity index is 1360. The van der Waals surface area contributed by atoms with Crippen LogP contribution in [-0.4, -0.2) is 43.4 Å². The van der Waals surface area contributed by atoms with E-state index < -0.39 is 56.8 Å². The molecule has 7 heteroatoms. The van der Waals surface area contributed by atoms with E-state index in [9.17, 15) is 34.8 Å². The van der Waals surface area contributed by atoms with Crippen LogP contribution in [0.25, 0.3) is 5.76 Å². The Morgan fingerprint density at radius 1 is 1.05 bits per heavy atom. The van der Waals surface area contributed by atoms with Gasteiger partial charge in [0.05, 0.1) is 5.56 Å². The number of carbonyl (C=O) groups excluding carboxylic acids is 3. The SMILES string of the molecule is CC(=O)C1=C(O)[C@]2(O)C(=O)C3=C(O)c4c(O)ccc(CCC5CCCCC5)c4C[C@]3(C)C[C@]2(C)C(C(C)C)C1=O. The van der Waals surface area contributed by atoms with Gasteiger partial charge < -0.3 is 20.4 Å². The van der Waals surface area contributed by atoms with Gasteiger partial charge in [-0.2, -0.15) is 0 Å². The summed E-state index contributed by atoms with van der Waals surface area (Å²) in [6.07, 6.45) is 8.44. The Hall–Kier alpha value is -2.93. The summed E-state index contributed by atoms with van der Waals surface area (Å²) in [6.45, 7) is 8.23. The molecule has 4 aliphatic carbocycles. The molecule has 0 heterocycles. The standard InChI is InChI=1S/C33H42O7/c1-17(2)25-27(36)23(18(3)34)29(38)33(40)30(39)26-28(37)24-21(15-31(26,4)16-32(25,33)5)20(13-14-22(24)35)12-11-19-9-7-6-8-10-19/h13-14,17,19,25,35,37-38,40H,6-12,15-16H2,1-5H3/t25?,31-,32-,33+/m1/s1. The fraction of sp³-hybridized carbons (Fsp3) is 0.606. The van der Waals surface area contributed by atoms with Gasteiger partial charge in [0.1, 0.15) is 22.8 Å². The van der Waals surface area contributed by atoms with Crippen molar-refractivity contribution >= 4 is 23.1 Å². The smallest absolute Gasteiger partial charge is 0.203 e. The number of Topliss-reactive ketones (excluding diaryl/α,β-unsaturated/α-hetero) is 3. The highest BCUT2D eigenvalue weighted by Crippen LogP contribution is 2.65. The molecule has 4 N–H and O–H groups in total. The van der Waals surface area contributed by atoms with Crippen LogP contribution < -0.4 is 0 Å². The topological polar surface area (TPSA) is 132 Å². The van der Waals surface area contributed by atoms with E-state index in [0.29, 0.717) is 12.3 Å². The van der Waals surface area contributed by atoms with Gasteiger partial charge in [0.2, 0.25) is 5.78 Å². The molecule has 4 atom stereocenters. The van der Waals surface area contributed by atoms with E-state index >= 15 is 0 Å². The quantitative estimate of drug-likeness (QED) is 0.346. The summed E-state index contributed by atoms with van der Waals surface area (Å²) in [5.41, 5.74) is -3.63. The first-order chi connectivity index (χ1) is 18.7. The normalized spacial score (nSPS) is 32.7. The summed E-state index contributed by atoms with van der Waals surface area (Å²) in [5.74, 6) is -4.31. The number of hydrogen-bond acceptors (Lipinski definition) is 7. The van der Waals surface area contributed by atoms with Crippen molar-refractivity contribution in [3.05, 3.63) is 45.7 Å². The minimum Gasteiger partial charge on any atom is -0.508 e. The van der Waals surface area contributed by atoms with Crippen LogP contribution in [0.2, 0.25) is 0 Å². The Labute approximate surface area is 236 Å². The maximum atomic E-state index is 14.4. The fourth-order valence-corrected chi connectivity index (χ4v) is 8.85. The molecule has 5 rings (SSSR count). The highest BCUT2D eigenvalue weighted by molar-refractivity contribution is 6.24. The van der Waals surface area contributed by atoms with Gasteiger partial charge in [0.25, 0.3) is 0 Å². The summed E-state index contributed by atoms with van der Waals surface area (Å²) in [4.78, 5) is 40.5. The molecular formula is C33H42O7. The van der Waals surface area contributed by atoms with Crippen LogP contribution in [0.3, 0.4) is 0 Å². The van der Waals surface area contributed by atoms with Gasteiger partial charge in [-0.15, -0.1) is 0 Å². The second-order valence-corrected chi connectivity index (χ2v) is 13.6. The lowest BCUT2D eigenvalue weighted by molar-refractivity contribution is -0.178. The van der Waals surface area contributed by atoms with Crippen molar-refractivity contribution in [1.82, 2.24) is 0 Å². The lowest BCUT2D eigenvalue weighted by Crippen LogP contribution is -2.69. The Morgan fingerprint density at radius 3 is 2.30 bits per heavy atom. The van der Waals surface area contributed by atoms with E-state index in [1.165, 1.54) is 32.1 Å². The summed E-state index contributed by atoms with van der Waals surface area (Å²) in [6, 6.07) is 3.44. The molecule has 2 saturated carbocycles. The highest BCUT2D eigenvalue weighted by atomic mass is 16.3. The lowest BCUT2D eigenvalue weighted by atomic mass is 9.43. The number of aliphatic hydroxyl groups excluding tert-OH is 2. The third kappa shape index (κ3) is 3.83. The molecule has 216 valence electrons. The van der Waals surface area contributed by atoms with E-state index in [1.807, 2.05) is 26.8 Å². The van der Waals surface area contributed by atoms with Crippen molar-refractivity contribution in [2.75, 3.05) is 0 Å². The molecule has 0 bridgehead atoms. The number of fused-ring (bicyclic) bond motifs is 3. The van der Waals surface area contributed by atoms with E-state index in [0.717, 1.165) is 30.9 Å². The van der Waals surface area contributed by atoms with Crippen LogP contribution >= 0.6 is 0 Å². The molecule has 7 nitrogen and oxygen atoms in total. The first-order valence-corrected chi connectivity index (χ1v) is 14.7. The maximum Gasteiger partial charge on any atom is 0.203 e. The second kappa shape index (κ2) is 9.57. The molecule has 0 spiro atoms. The maximum absolute atomic E-state index is 14.4. The van der Waals surface area contributed by atoms with Crippen molar-refractivity contribution in [1.29, 1.82) is 0 Å². The van der Waals surface area contributed by atoms with Gasteiger partial charge in [-0.25, -0.2) is 0 Å². The van der Waals surface area contributed by atoms with Gasteiger partial charge in [0.15, 0.2) is 17.2 Å². The monoisotopic (exact) mass is 550 g/mol. The van der Waals surface area contributed by atoms with E-state index in [-0.39, 0.29) is 29.2 Å². The minimum absolute atomic E-state index is 0.0778. The Kier molecular flexibility index (Phi) is 6.84. The third-order valence-electron chi connectivity index (χ3n) is 10.5. The van der Waals surface area contributed by atoms with Gasteiger partial charge >= 0.3 is 0 Å². The number of rotatable bonds is 5. The number of hydrogen-bond donors (Lipinski definition) is 4. The number of benzene rings is 1. The predicted octanol–water partition coefficient (Wildman–Crippen LogP) is 5.70. The number of carbonyl (C=O) groups is 3. The van der Waals surface area contributed by atoms with Crippen LogP contribution in [0.5, 0.6) is 5.75 Å². The number of aliphatic hydroxyl groups is 3. The van der Waals surface area contributed by atoms with Crippen LogP contribution in [-0.2, 0) is 27.2 Å². The molecular weight excluding hydrogens is 508 g/mol. The molecule has 0 aromatic heterocycles. The van der Waals surface area contributed by atoms with E-state index in [4.69, 9.17) is 0 Å². The van der Waals surface area contributed by atoms with Gasteiger partial charge in [-0.05, 0) is 61.6 Å². The average Bonchev–Trinajstić information content (AvgIpc) is 2.86. The Morgan fingerprint density at radius 2 is 1.70 bits per heavy atom. The Balaban J connectivity index is 1.68. The van der Waals surface area contributed by atoms with Gasteiger partial charge in [-0.3, -0.25) is 14.4 Å². The second-order valence-electron chi connectivity index (χ2n) is 13.6. The summed E-state index contributed by atoms with van der Waals surface area (Å²) < 4.78 is 0. The van der Waals surface area contributed by atoms with Crippen molar-refractivity contribution in [3.8, 4) is 5.75 Å². The largest absolute Gasteiger partial charge is 0.508 e. The van der Waals surface area contributed by atoms with Crippen molar-refractivity contribution < 1.29 is 34.8 Å². The van der Waals surface area contributed by atoms with Crippen LogP contribution in [0.1, 0.15) is 96.3 Å². The van der Waals surface area contributed by atoms with E-state index in [2.05, 4.69) is 0 Å². The van der Waals surface area contributed by atoms with Crippen LogP contribution in [0.4, 0.5) is 0 Å². The summed E-state index contributed by atoms with van der Waals surface area (Å²) in [5, 5.41) is 45.9. The fourth-order valence-electron chi connectivity index (χ4n) is 8.85. The number of ketones is 3. The molecule has 4 aliphatic rings. The first kappa shape index (κ1) is 28.6. The molecule has 0 aliphatic heterocycles. The number of phenols is 1. The van der Waals surface area contributed by atoms with Crippen molar-refractivity contribution in [3.63, 3.8) is 0 Å². The van der Waals surface area contributed by atoms with Crippen LogP contribution in [0.15, 0.2) is 29.0 Å². The molecule has 2 fully saturated rings. The number of phenolic OH excluding ortho intramolecular Hbond substituents is 1. The molecule has 0 amide bonds. The zero-order valence-electron chi connectivity index (χ0n) is 24.3. The zero-order valence-corrected chi connectivity index (χ0v) is 24.3. The van der Waals surface area contributed by atoms with Gasteiger partial charge in [-0.1, -0.05) is 65.9 Å². The molecule has 0 saturated heterocycles. The summed E-state index contributed by atoms with van der Waals surface area (Å²) in [7, 11) is 0. The average molecular weight is 551 g/mol. The van der Waals surface area contributed by atoms with Crippen LogP contribution in [0, 0.1) is 28.6 Å². The zero-order chi connectivity index (χ0) is 29.4.